The van der Waals surface area contributed by atoms with Gasteiger partial charge in [0.1, 0.15) is 0 Å². The van der Waals surface area contributed by atoms with Crippen molar-refractivity contribution in [3.63, 3.8) is 0 Å². The Morgan fingerprint density at radius 1 is 1.33 bits per heavy atom. The number of carbonyl (C=O) groups excluding carboxylic acids is 1. The number of nitrogens with one attached hydrogen (secondary N) is 2. The van der Waals surface area contributed by atoms with E-state index < -0.39 is 0 Å². The summed E-state index contributed by atoms with van der Waals surface area (Å²) < 4.78 is 0. The van der Waals surface area contributed by atoms with E-state index in [1.165, 1.54) is 6.42 Å². The molecule has 0 bridgehead atoms. The van der Waals surface area contributed by atoms with Crippen molar-refractivity contribution in [2.45, 2.75) is 63.5 Å². The number of hydrogen-bond acceptors (Lipinski definition) is 2. The highest BCUT2D eigenvalue weighted by molar-refractivity contribution is 5.87. The van der Waals surface area contributed by atoms with Gasteiger partial charge in [0.05, 0.1) is 5.54 Å². The van der Waals surface area contributed by atoms with Gasteiger partial charge < -0.3 is 10.6 Å². The first-order valence-corrected chi connectivity index (χ1v) is 6.18. The number of rotatable bonds is 3. The largest absolute Gasteiger partial charge is 0.349 e. The summed E-state index contributed by atoms with van der Waals surface area (Å²) in [5.41, 5.74) is -0.178. The second-order valence-electron chi connectivity index (χ2n) is 5.33. The van der Waals surface area contributed by atoms with Crippen molar-refractivity contribution in [3.8, 4) is 0 Å². The molecule has 1 unspecified atom stereocenters. The normalized spacial score (nSPS) is 33.5. The van der Waals surface area contributed by atoms with Crippen LogP contribution in [0.3, 0.4) is 0 Å². The molecule has 3 nitrogen and oxygen atoms in total. The molecule has 0 aromatic heterocycles. The first-order valence-electron chi connectivity index (χ1n) is 6.18. The van der Waals surface area contributed by atoms with Crippen molar-refractivity contribution in [2.24, 2.45) is 0 Å². The monoisotopic (exact) mass is 210 g/mol. The molecule has 2 rings (SSSR count). The maximum absolute atomic E-state index is 12.2. The van der Waals surface area contributed by atoms with Crippen LogP contribution in [0.25, 0.3) is 0 Å². The zero-order valence-electron chi connectivity index (χ0n) is 9.86. The fourth-order valence-corrected chi connectivity index (χ4v) is 2.69. The molecule has 2 fully saturated rings. The van der Waals surface area contributed by atoms with Gasteiger partial charge in [-0.15, -0.1) is 0 Å². The first kappa shape index (κ1) is 10.9. The highest BCUT2D eigenvalue weighted by Crippen LogP contribution is 2.32. The standard InChI is InChI=1S/C12H22N2O/c1-3-12(8-5-9-13-12)10(15)14-11(2)6-4-7-11/h13H,3-9H2,1-2H3,(H,14,15). The smallest absolute Gasteiger partial charge is 0.240 e. The molecule has 1 heterocycles. The van der Waals surface area contributed by atoms with Crippen LogP contribution in [0.4, 0.5) is 0 Å². The lowest BCUT2D eigenvalue weighted by Gasteiger charge is -2.42. The van der Waals surface area contributed by atoms with Gasteiger partial charge in [-0.1, -0.05) is 6.92 Å². The van der Waals surface area contributed by atoms with E-state index in [9.17, 15) is 4.79 Å². The predicted molar refractivity (Wildman–Crippen MR) is 60.7 cm³/mol. The molecule has 1 aliphatic carbocycles. The Morgan fingerprint density at radius 2 is 2.07 bits per heavy atom. The zero-order chi connectivity index (χ0) is 10.9. The summed E-state index contributed by atoms with van der Waals surface area (Å²) in [5.74, 6) is 0.227. The summed E-state index contributed by atoms with van der Waals surface area (Å²) >= 11 is 0. The van der Waals surface area contributed by atoms with Crippen LogP contribution in [0.15, 0.2) is 0 Å². The summed E-state index contributed by atoms with van der Waals surface area (Å²) in [7, 11) is 0. The van der Waals surface area contributed by atoms with E-state index in [-0.39, 0.29) is 17.0 Å². The molecule has 0 spiro atoms. The average Bonchev–Trinajstić information content (AvgIpc) is 2.64. The van der Waals surface area contributed by atoms with Crippen molar-refractivity contribution in [2.75, 3.05) is 6.54 Å². The minimum absolute atomic E-state index is 0.0868. The molecule has 15 heavy (non-hydrogen) atoms. The molecule has 3 heteroatoms. The van der Waals surface area contributed by atoms with Crippen LogP contribution in [0.2, 0.25) is 0 Å². The van der Waals surface area contributed by atoms with Gasteiger partial charge in [-0.3, -0.25) is 4.79 Å². The third-order valence-electron chi connectivity index (χ3n) is 4.15. The summed E-state index contributed by atoms with van der Waals surface area (Å²) in [6.45, 7) is 5.24. The van der Waals surface area contributed by atoms with Gasteiger partial charge in [-0.05, 0) is 52.0 Å². The van der Waals surface area contributed by atoms with Crippen molar-refractivity contribution < 1.29 is 4.79 Å². The van der Waals surface area contributed by atoms with Crippen molar-refractivity contribution in [3.05, 3.63) is 0 Å². The Balaban J connectivity index is 1.99. The molecular formula is C12H22N2O. The van der Waals surface area contributed by atoms with Crippen LogP contribution in [-0.2, 0) is 4.79 Å². The van der Waals surface area contributed by atoms with Gasteiger partial charge in [-0.2, -0.15) is 0 Å². The number of amides is 1. The molecule has 0 radical (unpaired) electrons. The minimum atomic E-state index is -0.265. The molecule has 1 saturated heterocycles. The Bertz CT molecular complexity index is 252. The third-order valence-corrected chi connectivity index (χ3v) is 4.15. The lowest BCUT2D eigenvalue weighted by Crippen LogP contribution is -2.60. The van der Waals surface area contributed by atoms with E-state index in [4.69, 9.17) is 0 Å². The van der Waals surface area contributed by atoms with Crippen LogP contribution in [0.1, 0.15) is 52.4 Å². The molecule has 1 atom stereocenters. The van der Waals surface area contributed by atoms with Crippen molar-refractivity contribution >= 4 is 5.91 Å². The van der Waals surface area contributed by atoms with E-state index in [1.54, 1.807) is 0 Å². The topological polar surface area (TPSA) is 41.1 Å². The fraction of sp³-hybridized carbons (Fsp3) is 0.917. The van der Waals surface area contributed by atoms with E-state index in [2.05, 4.69) is 24.5 Å². The molecule has 0 aromatic carbocycles. The van der Waals surface area contributed by atoms with Gasteiger partial charge in [0.2, 0.25) is 5.91 Å². The molecule has 86 valence electrons. The SMILES string of the molecule is CCC1(C(=O)NC2(C)CCC2)CCCN1. The lowest BCUT2D eigenvalue weighted by molar-refractivity contribution is -0.130. The molecule has 0 aromatic rings. The van der Waals surface area contributed by atoms with Gasteiger partial charge in [0.15, 0.2) is 0 Å². The van der Waals surface area contributed by atoms with Crippen LogP contribution in [0, 0.1) is 0 Å². The second kappa shape index (κ2) is 3.78. The average molecular weight is 210 g/mol. The molecule has 1 amide bonds. The van der Waals surface area contributed by atoms with Gasteiger partial charge >= 0.3 is 0 Å². The van der Waals surface area contributed by atoms with Crippen molar-refractivity contribution in [1.82, 2.24) is 10.6 Å². The first-order chi connectivity index (χ1) is 7.10. The Kier molecular flexibility index (Phi) is 2.75. The number of hydrogen-bond donors (Lipinski definition) is 2. The predicted octanol–water partition coefficient (Wildman–Crippen LogP) is 1.58. The number of carbonyl (C=O) groups is 1. The summed E-state index contributed by atoms with van der Waals surface area (Å²) in [4.78, 5) is 12.2. The highest BCUT2D eigenvalue weighted by atomic mass is 16.2. The quantitative estimate of drug-likeness (QED) is 0.742. The Hall–Kier alpha value is -0.570. The van der Waals surface area contributed by atoms with Crippen molar-refractivity contribution in [1.29, 1.82) is 0 Å². The Labute approximate surface area is 92.0 Å². The van der Waals surface area contributed by atoms with E-state index >= 15 is 0 Å². The molecule has 1 saturated carbocycles. The van der Waals surface area contributed by atoms with Gasteiger partial charge in [0, 0.05) is 5.54 Å². The molecule has 2 aliphatic rings. The van der Waals surface area contributed by atoms with Crippen LogP contribution in [0.5, 0.6) is 0 Å². The van der Waals surface area contributed by atoms with E-state index in [0.717, 1.165) is 38.6 Å². The fourth-order valence-electron chi connectivity index (χ4n) is 2.69. The summed E-state index contributed by atoms with van der Waals surface area (Å²) in [6, 6.07) is 0. The van der Waals surface area contributed by atoms with Crippen LogP contribution < -0.4 is 10.6 Å². The lowest BCUT2D eigenvalue weighted by atomic mass is 9.77. The molecular weight excluding hydrogens is 188 g/mol. The third kappa shape index (κ3) is 1.89. The maximum atomic E-state index is 12.2. The van der Waals surface area contributed by atoms with Gasteiger partial charge in [-0.25, -0.2) is 0 Å². The zero-order valence-corrected chi connectivity index (χ0v) is 9.86. The van der Waals surface area contributed by atoms with E-state index in [1.807, 2.05) is 0 Å². The highest BCUT2D eigenvalue weighted by Gasteiger charge is 2.43. The van der Waals surface area contributed by atoms with Crippen LogP contribution in [-0.4, -0.2) is 23.5 Å². The summed E-state index contributed by atoms with van der Waals surface area (Å²) in [6.07, 6.45) is 6.54. The second-order valence-corrected chi connectivity index (χ2v) is 5.33. The van der Waals surface area contributed by atoms with Gasteiger partial charge in [0.25, 0.3) is 0 Å². The van der Waals surface area contributed by atoms with Crippen LogP contribution >= 0.6 is 0 Å². The Morgan fingerprint density at radius 3 is 2.47 bits per heavy atom. The molecule has 1 aliphatic heterocycles. The van der Waals surface area contributed by atoms with E-state index in [0.29, 0.717) is 0 Å². The minimum Gasteiger partial charge on any atom is -0.349 e. The molecule has 2 N–H and O–H groups in total. The summed E-state index contributed by atoms with van der Waals surface area (Å²) in [5, 5.41) is 6.60. The maximum Gasteiger partial charge on any atom is 0.240 e.